The summed E-state index contributed by atoms with van der Waals surface area (Å²) in [5.41, 5.74) is 0.170. The molecular formula is C13H19ClFNO3S. The number of rotatable bonds is 7. The molecule has 1 rings (SSSR count). The second-order valence-corrected chi connectivity index (χ2v) is 6.75. The van der Waals surface area contributed by atoms with Crippen LogP contribution < -0.4 is 0 Å². The molecule has 0 amide bonds. The molecule has 0 N–H and O–H groups in total. The molecule has 0 aliphatic heterocycles. The van der Waals surface area contributed by atoms with Gasteiger partial charge in [0.25, 0.3) is 0 Å². The fourth-order valence-corrected chi connectivity index (χ4v) is 3.66. The average molecular weight is 324 g/mol. The minimum Gasteiger partial charge on any atom is -0.383 e. The Kier molecular flexibility index (Phi) is 6.39. The van der Waals surface area contributed by atoms with Crippen molar-refractivity contribution in [1.82, 2.24) is 4.31 Å². The Bertz CT molecular complexity index is 549. The van der Waals surface area contributed by atoms with Crippen molar-refractivity contribution in [3.8, 4) is 0 Å². The van der Waals surface area contributed by atoms with E-state index in [1.165, 1.54) is 23.5 Å². The number of sulfonamides is 1. The van der Waals surface area contributed by atoms with Gasteiger partial charge in [-0.1, -0.05) is 0 Å². The predicted octanol–water partition coefficient (Wildman–Crippen LogP) is 2.61. The quantitative estimate of drug-likeness (QED) is 0.725. The van der Waals surface area contributed by atoms with Gasteiger partial charge in [-0.05, 0) is 32.0 Å². The van der Waals surface area contributed by atoms with Crippen LogP contribution in [-0.4, -0.2) is 39.0 Å². The highest BCUT2D eigenvalue weighted by Crippen LogP contribution is 2.21. The van der Waals surface area contributed by atoms with E-state index in [-0.39, 0.29) is 28.9 Å². The van der Waals surface area contributed by atoms with E-state index in [0.717, 1.165) is 6.07 Å². The van der Waals surface area contributed by atoms with Gasteiger partial charge in [-0.25, -0.2) is 12.8 Å². The van der Waals surface area contributed by atoms with Crippen molar-refractivity contribution in [1.29, 1.82) is 0 Å². The minimum atomic E-state index is -3.69. The Balaban J connectivity index is 3.19. The number of methoxy groups -OCH3 is 1. The van der Waals surface area contributed by atoms with Crippen LogP contribution in [0.5, 0.6) is 0 Å². The smallest absolute Gasteiger partial charge is 0.243 e. The molecule has 0 heterocycles. The molecule has 1 aromatic carbocycles. The first kappa shape index (κ1) is 17.4. The van der Waals surface area contributed by atoms with E-state index < -0.39 is 15.8 Å². The molecule has 114 valence electrons. The number of benzene rings is 1. The summed E-state index contributed by atoms with van der Waals surface area (Å²) >= 11 is 5.61. The largest absolute Gasteiger partial charge is 0.383 e. The van der Waals surface area contributed by atoms with Gasteiger partial charge >= 0.3 is 0 Å². The number of nitrogens with zero attached hydrogens (tertiary/aromatic N) is 1. The SMILES string of the molecule is COCCN(C(C)C)S(=O)(=O)c1ccc(F)c(CCl)c1. The lowest BCUT2D eigenvalue weighted by molar-refractivity contribution is 0.171. The summed E-state index contributed by atoms with van der Waals surface area (Å²) in [6.07, 6.45) is 0. The van der Waals surface area contributed by atoms with Crippen molar-refractivity contribution in [3.63, 3.8) is 0 Å². The second-order valence-electron chi connectivity index (χ2n) is 4.59. The summed E-state index contributed by atoms with van der Waals surface area (Å²) in [6, 6.07) is 3.43. The molecule has 4 nitrogen and oxygen atoms in total. The molecular weight excluding hydrogens is 305 g/mol. The lowest BCUT2D eigenvalue weighted by Gasteiger charge is -2.25. The molecule has 0 aliphatic carbocycles. The summed E-state index contributed by atoms with van der Waals surface area (Å²) in [6.45, 7) is 4.09. The molecule has 0 radical (unpaired) electrons. The van der Waals surface area contributed by atoms with Crippen LogP contribution in [0.25, 0.3) is 0 Å². The highest BCUT2D eigenvalue weighted by atomic mass is 35.5. The first-order valence-electron chi connectivity index (χ1n) is 6.19. The molecule has 0 saturated heterocycles. The summed E-state index contributed by atoms with van der Waals surface area (Å²) in [7, 11) is -2.19. The van der Waals surface area contributed by atoms with Crippen LogP contribution in [0.4, 0.5) is 4.39 Å². The first-order chi connectivity index (χ1) is 9.34. The topological polar surface area (TPSA) is 46.6 Å². The monoisotopic (exact) mass is 323 g/mol. The number of halogens is 2. The highest BCUT2D eigenvalue weighted by molar-refractivity contribution is 7.89. The van der Waals surface area contributed by atoms with Gasteiger partial charge in [-0.15, -0.1) is 11.6 Å². The van der Waals surface area contributed by atoms with Crippen LogP contribution in [0.1, 0.15) is 19.4 Å². The fraction of sp³-hybridized carbons (Fsp3) is 0.538. The Morgan fingerprint density at radius 2 is 2.05 bits per heavy atom. The van der Waals surface area contributed by atoms with Gasteiger partial charge < -0.3 is 4.74 Å². The molecule has 0 atom stereocenters. The van der Waals surface area contributed by atoms with Gasteiger partial charge in [0.15, 0.2) is 0 Å². The Hall–Kier alpha value is -0.690. The molecule has 0 saturated carbocycles. The maximum absolute atomic E-state index is 13.4. The van der Waals surface area contributed by atoms with Crippen molar-refractivity contribution in [3.05, 3.63) is 29.6 Å². The van der Waals surface area contributed by atoms with E-state index in [9.17, 15) is 12.8 Å². The van der Waals surface area contributed by atoms with Gasteiger partial charge in [-0.2, -0.15) is 4.31 Å². The average Bonchev–Trinajstić information content (AvgIpc) is 2.38. The summed E-state index contributed by atoms with van der Waals surface area (Å²) in [5, 5.41) is 0. The molecule has 0 aromatic heterocycles. The van der Waals surface area contributed by atoms with Gasteiger partial charge in [0.1, 0.15) is 5.82 Å². The molecule has 1 aromatic rings. The van der Waals surface area contributed by atoms with Gasteiger partial charge in [0.2, 0.25) is 10.0 Å². The lowest BCUT2D eigenvalue weighted by atomic mass is 10.2. The second kappa shape index (κ2) is 7.36. The van der Waals surface area contributed by atoms with E-state index in [4.69, 9.17) is 16.3 Å². The number of hydrogen-bond donors (Lipinski definition) is 0. The number of ether oxygens (including phenoxy) is 1. The summed E-state index contributed by atoms with van der Waals surface area (Å²) in [4.78, 5) is 0.0411. The van der Waals surface area contributed by atoms with E-state index >= 15 is 0 Å². The van der Waals surface area contributed by atoms with Crippen molar-refractivity contribution in [2.45, 2.75) is 30.7 Å². The molecule has 0 aliphatic rings. The summed E-state index contributed by atoms with van der Waals surface area (Å²) in [5.74, 6) is -0.582. The molecule has 0 unspecified atom stereocenters. The lowest BCUT2D eigenvalue weighted by Crippen LogP contribution is -2.39. The molecule has 0 fully saturated rings. The molecule has 0 spiro atoms. The van der Waals surface area contributed by atoms with Crippen molar-refractivity contribution in [2.24, 2.45) is 0 Å². The van der Waals surface area contributed by atoms with E-state index in [0.29, 0.717) is 6.61 Å². The third-order valence-corrected chi connectivity index (χ3v) is 5.22. The van der Waals surface area contributed by atoms with Crippen LogP contribution in [0, 0.1) is 5.82 Å². The third-order valence-electron chi connectivity index (χ3n) is 2.86. The first-order valence-corrected chi connectivity index (χ1v) is 8.17. The van der Waals surface area contributed by atoms with E-state index in [1.54, 1.807) is 13.8 Å². The molecule has 20 heavy (non-hydrogen) atoms. The predicted molar refractivity (Wildman–Crippen MR) is 76.9 cm³/mol. The Morgan fingerprint density at radius 1 is 1.40 bits per heavy atom. The molecule has 0 bridgehead atoms. The van der Waals surface area contributed by atoms with Crippen LogP contribution in [0.15, 0.2) is 23.1 Å². The van der Waals surface area contributed by atoms with Gasteiger partial charge in [0.05, 0.1) is 17.4 Å². The fourth-order valence-electron chi connectivity index (χ4n) is 1.79. The van der Waals surface area contributed by atoms with Crippen molar-refractivity contribution in [2.75, 3.05) is 20.3 Å². The number of hydrogen-bond acceptors (Lipinski definition) is 3. The Morgan fingerprint density at radius 3 is 2.55 bits per heavy atom. The van der Waals surface area contributed by atoms with Crippen LogP contribution in [-0.2, 0) is 20.6 Å². The van der Waals surface area contributed by atoms with Crippen LogP contribution in [0.2, 0.25) is 0 Å². The van der Waals surface area contributed by atoms with E-state index in [1.807, 2.05) is 0 Å². The van der Waals surface area contributed by atoms with Crippen molar-refractivity contribution >= 4 is 21.6 Å². The van der Waals surface area contributed by atoms with Crippen LogP contribution in [0.3, 0.4) is 0 Å². The number of alkyl halides is 1. The zero-order chi connectivity index (χ0) is 15.3. The van der Waals surface area contributed by atoms with Gasteiger partial charge in [0, 0.05) is 25.3 Å². The maximum atomic E-state index is 13.4. The normalized spacial score (nSPS) is 12.3. The highest BCUT2D eigenvalue weighted by Gasteiger charge is 2.27. The Labute approximate surface area is 124 Å². The minimum absolute atomic E-state index is 0.0411. The van der Waals surface area contributed by atoms with Gasteiger partial charge in [-0.3, -0.25) is 0 Å². The summed E-state index contributed by atoms with van der Waals surface area (Å²) < 4.78 is 44.8. The van der Waals surface area contributed by atoms with Crippen molar-refractivity contribution < 1.29 is 17.5 Å². The maximum Gasteiger partial charge on any atom is 0.243 e. The zero-order valence-corrected chi connectivity index (χ0v) is 13.3. The van der Waals surface area contributed by atoms with Crippen LogP contribution >= 0.6 is 11.6 Å². The zero-order valence-electron chi connectivity index (χ0n) is 11.8. The molecule has 7 heteroatoms. The third kappa shape index (κ3) is 3.91. The van der Waals surface area contributed by atoms with E-state index in [2.05, 4.69) is 0 Å². The standard InChI is InChI=1S/C13H19ClFNO3S/c1-10(2)16(6-7-19-3)20(17,18)12-4-5-13(15)11(8-12)9-14/h4-5,8,10H,6-7,9H2,1-3H3.